The van der Waals surface area contributed by atoms with Crippen LogP contribution in [0.2, 0.25) is 0 Å². The first-order valence-electron chi connectivity index (χ1n) is 9.50. The molecule has 2 aliphatic rings. The molecular weight excluding hydrogens is 378 g/mol. The Labute approximate surface area is 170 Å². The highest BCUT2D eigenvalue weighted by Crippen LogP contribution is 2.46. The summed E-state index contributed by atoms with van der Waals surface area (Å²) in [6, 6.07) is 14.8. The minimum absolute atomic E-state index is 0.186. The monoisotopic (exact) mass is 401 g/mol. The zero-order valence-corrected chi connectivity index (χ0v) is 17.1. The fraction of sp³-hybridized carbons (Fsp3) is 0.409. The van der Waals surface area contributed by atoms with Crippen LogP contribution >= 0.6 is 23.4 Å². The molecule has 0 N–H and O–H groups in total. The van der Waals surface area contributed by atoms with Crippen LogP contribution in [0, 0.1) is 0 Å². The van der Waals surface area contributed by atoms with Crippen LogP contribution in [-0.2, 0) is 4.79 Å². The van der Waals surface area contributed by atoms with Crippen molar-refractivity contribution in [3.8, 4) is 5.75 Å². The molecule has 0 radical (unpaired) electrons. The maximum Gasteiger partial charge on any atom is 0.235 e. The van der Waals surface area contributed by atoms with E-state index < -0.39 is 0 Å². The van der Waals surface area contributed by atoms with Gasteiger partial charge in [-0.3, -0.25) is 4.79 Å². The second-order valence-electron chi connectivity index (χ2n) is 7.08. The first-order chi connectivity index (χ1) is 13.2. The standard InChI is InChI=1S/C22H24ClNO2S/c1-27-17-8-5-15(6-9-17)21-18-10-7-16(26-13-3-11-23)14-19(18)20-4-2-12-24(20)22(21)25/h5-10,14,20-21H,2-4,11-13H2,1H3. The van der Waals surface area contributed by atoms with E-state index in [2.05, 4.69) is 47.6 Å². The van der Waals surface area contributed by atoms with Crippen molar-refractivity contribution in [1.29, 1.82) is 0 Å². The van der Waals surface area contributed by atoms with Gasteiger partial charge in [0.2, 0.25) is 5.91 Å². The molecule has 2 unspecified atom stereocenters. The Morgan fingerprint density at radius 2 is 2.00 bits per heavy atom. The fourth-order valence-electron chi connectivity index (χ4n) is 4.21. The van der Waals surface area contributed by atoms with E-state index in [0.717, 1.165) is 42.7 Å². The van der Waals surface area contributed by atoms with Gasteiger partial charge in [0.25, 0.3) is 0 Å². The van der Waals surface area contributed by atoms with E-state index >= 15 is 0 Å². The van der Waals surface area contributed by atoms with Crippen molar-refractivity contribution < 1.29 is 9.53 Å². The van der Waals surface area contributed by atoms with Crippen LogP contribution in [0.3, 0.4) is 0 Å². The maximum atomic E-state index is 13.3. The van der Waals surface area contributed by atoms with Crippen LogP contribution in [-0.4, -0.2) is 36.1 Å². The number of benzene rings is 2. The highest BCUT2D eigenvalue weighted by atomic mass is 35.5. The number of amides is 1. The van der Waals surface area contributed by atoms with E-state index in [1.165, 1.54) is 10.5 Å². The third-order valence-electron chi connectivity index (χ3n) is 5.51. The molecule has 27 heavy (non-hydrogen) atoms. The Morgan fingerprint density at radius 1 is 1.19 bits per heavy atom. The lowest BCUT2D eigenvalue weighted by molar-refractivity contribution is -0.133. The van der Waals surface area contributed by atoms with E-state index in [1.54, 1.807) is 11.8 Å². The lowest BCUT2D eigenvalue weighted by Crippen LogP contribution is -2.40. The van der Waals surface area contributed by atoms with Gasteiger partial charge in [-0.25, -0.2) is 0 Å². The summed E-state index contributed by atoms with van der Waals surface area (Å²) in [6.45, 7) is 1.47. The van der Waals surface area contributed by atoms with Crippen LogP contribution in [0.1, 0.15) is 47.9 Å². The van der Waals surface area contributed by atoms with Gasteiger partial charge in [-0.15, -0.1) is 23.4 Å². The number of rotatable bonds is 6. The van der Waals surface area contributed by atoms with Crippen molar-refractivity contribution in [2.75, 3.05) is 25.3 Å². The average Bonchev–Trinajstić information content (AvgIpc) is 3.20. The Bertz CT molecular complexity index is 824. The van der Waals surface area contributed by atoms with Gasteiger partial charge < -0.3 is 9.64 Å². The van der Waals surface area contributed by atoms with Gasteiger partial charge in [0, 0.05) is 17.3 Å². The second-order valence-corrected chi connectivity index (χ2v) is 8.34. The molecule has 2 heterocycles. The fourth-order valence-corrected chi connectivity index (χ4v) is 4.73. The van der Waals surface area contributed by atoms with Crippen LogP contribution < -0.4 is 4.74 Å². The molecule has 142 valence electrons. The minimum atomic E-state index is -0.220. The largest absolute Gasteiger partial charge is 0.494 e. The van der Waals surface area contributed by atoms with Crippen molar-refractivity contribution in [1.82, 2.24) is 4.90 Å². The molecule has 5 heteroatoms. The van der Waals surface area contributed by atoms with Crippen molar-refractivity contribution in [3.05, 3.63) is 59.2 Å². The highest BCUT2D eigenvalue weighted by molar-refractivity contribution is 7.98. The Kier molecular flexibility index (Phi) is 5.65. The quantitative estimate of drug-likeness (QED) is 0.377. The summed E-state index contributed by atoms with van der Waals surface area (Å²) in [4.78, 5) is 16.6. The van der Waals surface area contributed by atoms with E-state index in [0.29, 0.717) is 12.5 Å². The number of hydrogen-bond acceptors (Lipinski definition) is 3. The molecule has 2 aromatic carbocycles. The van der Waals surface area contributed by atoms with Crippen LogP contribution in [0.15, 0.2) is 47.4 Å². The SMILES string of the molecule is CSc1ccc(C2C(=O)N3CCCC3c3cc(OCCCCl)ccc32)cc1. The molecule has 2 atom stereocenters. The molecule has 2 aromatic rings. The normalized spacial score (nSPS) is 21.1. The number of alkyl halides is 1. The third kappa shape index (κ3) is 3.57. The van der Waals surface area contributed by atoms with Crippen LogP contribution in [0.4, 0.5) is 0 Å². The summed E-state index contributed by atoms with van der Waals surface area (Å²) in [5.74, 6) is 1.49. The van der Waals surface area contributed by atoms with Crippen molar-refractivity contribution in [2.24, 2.45) is 0 Å². The van der Waals surface area contributed by atoms with E-state index in [9.17, 15) is 4.79 Å². The number of halogens is 1. The molecular formula is C22H24ClNO2S. The topological polar surface area (TPSA) is 29.5 Å². The summed E-state index contributed by atoms with van der Waals surface area (Å²) >= 11 is 7.47. The van der Waals surface area contributed by atoms with Crippen molar-refractivity contribution in [3.63, 3.8) is 0 Å². The van der Waals surface area contributed by atoms with Gasteiger partial charge in [-0.2, -0.15) is 0 Å². The molecule has 1 fully saturated rings. The number of nitrogens with zero attached hydrogens (tertiary/aromatic N) is 1. The first-order valence-corrected chi connectivity index (χ1v) is 11.3. The van der Waals surface area contributed by atoms with E-state index in [-0.39, 0.29) is 17.9 Å². The summed E-state index contributed by atoms with van der Waals surface area (Å²) < 4.78 is 5.87. The summed E-state index contributed by atoms with van der Waals surface area (Å²) in [6.07, 6.45) is 4.99. The Balaban J connectivity index is 1.72. The van der Waals surface area contributed by atoms with Crippen LogP contribution in [0.25, 0.3) is 0 Å². The van der Waals surface area contributed by atoms with Gasteiger partial charge in [-0.1, -0.05) is 18.2 Å². The molecule has 0 bridgehead atoms. The molecule has 0 spiro atoms. The Morgan fingerprint density at radius 3 is 2.74 bits per heavy atom. The Hall–Kier alpha value is -1.65. The number of hydrogen-bond donors (Lipinski definition) is 0. The lowest BCUT2D eigenvalue weighted by Gasteiger charge is -2.37. The maximum absolute atomic E-state index is 13.3. The minimum Gasteiger partial charge on any atom is -0.494 e. The molecule has 2 aliphatic heterocycles. The number of carbonyl (C=O) groups is 1. The van der Waals surface area contributed by atoms with E-state index in [4.69, 9.17) is 16.3 Å². The molecule has 3 nitrogen and oxygen atoms in total. The zero-order valence-electron chi connectivity index (χ0n) is 15.5. The van der Waals surface area contributed by atoms with Crippen molar-refractivity contribution >= 4 is 29.3 Å². The smallest absolute Gasteiger partial charge is 0.235 e. The third-order valence-corrected chi connectivity index (χ3v) is 6.52. The van der Waals surface area contributed by atoms with Gasteiger partial charge in [0.1, 0.15) is 5.75 Å². The van der Waals surface area contributed by atoms with Gasteiger partial charge in [0.05, 0.1) is 18.6 Å². The summed E-state index contributed by atoms with van der Waals surface area (Å²) in [5, 5.41) is 0. The molecule has 0 aliphatic carbocycles. The summed E-state index contributed by atoms with van der Waals surface area (Å²) in [7, 11) is 0. The summed E-state index contributed by atoms with van der Waals surface area (Å²) in [5.41, 5.74) is 3.44. The molecule has 0 aromatic heterocycles. The predicted octanol–water partition coefficient (Wildman–Crippen LogP) is 5.23. The number of fused-ring (bicyclic) bond motifs is 3. The number of carbonyl (C=O) groups excluding carboxylic acids is 1. The first kappa shape index (κ1) is 18.7. The predicted molar refractivity (Wildman–Crippen MR) is 111 cm³/mol. The van der Waals surface area contributed by atoms with Gasteiger partial charge in [-0.05, 0) is 66.5 Å². The number of thioether (sulfide) groups is 1. The van der Waals surface area contributed by atoms with Crippen molar-refractivity contribution in [2.45, 2.75) is 36.1 Å². The second kappa shape index (κ2) is 8.15. The number of ether oxygens (including phenoxy) is 1. The zero-order chi connectivity index (χ0) is 18.8. The van der Waals surface area contributed by atoms with Crippen LogP contribution in [0.5, 0.6) is 5.75 Å². The van der Waals surface area contributed by atoms with Gasteiger partial charge >= 0.3 is 0 Å². The molecule has 1 saturated heterocycles. The molecule has 4 rings (SSSR count). The average molecular weight is 402 g/mol. The molecule has 1 amide bonds. The van der Waals surface area contributed by atoms with Gasteiger partial charge in [0.15, 0.2) is 0 Å². The highest BCUT2D eigenvalue weighted by Gasteiger charge is 2.42. The van der Waals surface area contributed by atoms with E-state index in [1.807, 2.05) is 6.07 Å². The molecule has 0 saturated carbocycles. The lowest BCUT2D eigenvalue weighted by atomic mass is 9.81.